The van der Waals surface area contributed by atoms with E-state index < -0.39 is 0 Å². The minimum atomic E-state index is 0.698. The number of hydrogen-bond donors (Lipinski definition) is 0. The molecule has 0 saturated carbocycles. The first-order chi connectivity index (χ1) is 7.75. The van der Waals surface area contributed by atoms with Crippen LogP contribution >= 0.6 is 34.5 Å². The fourth-order valence-corrected chi connectivity index (χ4v) is 2.85. The van der Waals surface area contributed by atoms with Gasteiger partial charge in [0.2, 0.25) is 0 Å². The van der Waals surface area contributed by atoms with Gasteiger partial charge in [-0.15, -0.1) is 11.3 Å². The summed E-state index contributed by atoms with van der Waals surface area (Å²) in [5.41, 5.74) is 0.906. The van der Waals surface area contributed by atoms with E-state index in [0.29, 0.717) is 5.02 Å². The Hall–Kier alpha value is -1.03. The Morgan fingerprint density at radius 2 is 2.06 bits per heavy atom. The summed E-state index contributed by atoms with van der Waals surface area (Å²) in [5, 5.41) is 0.698. The van der Waals surface area contributed by atoms with E-state index in [4.69, 9.17) is 23.2 Å². The largest absolute Gasteiger partial charge is 0.298 e. The van der Waals surface area contributed by atoms with Crippen molar-refractivity contribution >= 4 is 40.1 Å². The average Bonchev–Trinajstić information content (AvgIpc) is 2.84. The molecule has 0 unspecified atom stereocenters. The lowest BCUT2D eigenvalue weighted by Gasteiger charge is -1.99. The molecule has 0 aromatic carbocycles. The van der Waals surface area contributed by atoms with Crippen molar-refractivity contribution < 1.29 is 0 Å². The van der Waals surface area contributed by atoms with Crippen molar-refractivity contribution in [3.05, 3.63) is 46.0 Å². The van der Waals surface area contributed by atoms with E-state index in [9.17, 15) is 0 Å². The molecule has 3 heterocycles. The van der Waals surface area contributed by atoms with Gasteiger partial charge in [0.1, 0.15) is 0 Å². The van der Waals surface area contributed by atoms with Gasteiger partial charge in [0, 0.05) is 6.20 Å². The highest BCUT2D eigenvalue weighted by Gasteiger charge is 2.09. The Kier molecular flexibility index (Phi) is 2.39. The molecule has 5 heteroatoms. The summed E-state index contributed by atoms with van der Waals surface area (Å²) in [6.45, 7) is 0. The SMILES string of the molecule is Clc1ccc(-c2ncc3c(Cl)cccn23)s1. The molecule has 0 bridgehead atoms. The van der Waals surface area contributed by atoms with Gasteiger partial charge in [0.25, 0.3) is 0 Å². The van der Waals surface area contributed by atoms with Crippen LogP contribution in [0, 0.1) is 0 Å². The number of thiophene rings is 1. The summed E-state index contributed by atoms with van der Waals surface area (Å²) >= 11 is 13.5. The molecule has 0 fully saturated rings. The molecule has 0 amide bonds. The number of aromatic nitrogens is 2. The summed E-state index contributed by atoms with van der Waals surface area (Å²) in [6.07, 6.45) is 3.71. The Labute approximate surface area is 106 Å². The Morgan fingerprint density at radius 3 is 2.81 bits per heavy atom. The van der Waals surface area contributed by atoms with Crippen LogP contribution in [0.25, 0.3) is 16.2 Å². The molecular formula is C11H6Cl2N2S. The van der Waals surface area contributed by atoms with Crippen LogP contribution in [-0.2, 0) is 0 Å². The molecule has 0 aliphatic heterocycles. The molecule has 3 aromatic rings. The second kappa shape index (κ2) is 3.77. The molecule has 0 atom stereocenters. The van der Waals surface area contributed by atoms with Crippen LogP contribution in [-0.4, -0.2) is 9.38 Å². The molecule has 0 spiro atoms. The van der Waals surface area contributed by atoms with Crippen molar-refractivity contribution in [3.63, 3.8) is 0 Å². The third-order valence-electron chi connectivity index (χ3n) is 2.31. The number of nitrogens with zero attached hydrogens (tertiary/aromatic N) is 2. The third-order valence-corrected chi connectivity index (χ3v) is 3.86. The number of halogens is 2. The second-order valence-electron chi connectivity index (χ2n) is 3.30. The van der Waals surface area contributed by atoms with Crippen LogP contribution in [0.5, 0.6) is 0 Å². The zero-order valence-corrected chi connectivity index (χ0v) is 10.4. The van der Waals surface area contributed by atoms with Gasteiger partial charge in [-0.25, -0.2) is 4.98 Å². The van der Waals surface area contributed by atoms with Crippen LogP contribution in [0.1, 0.15) is 0 Å². The molecule has 0 N–H and O–H groups in total. The third kappa shape index (κ3) is 1.52. The molecule has 16 heavy (non-hydrogen) atoms. The van der Waals surface area contributed by atoms with Crippen LogP contribution in [0.3, 0.4) is 0 Å². The molecule has 3 aromatic heterocycles. The maximum absolute atomic E-state index is 6.08. The number of rotatable bonds is 1. The number of pyridine rings is 1. The Bertz CT molecular complexity index is 657. The first kappa shape index (κ1) is 10.1. The lowest BCUT2D eigenvalue weighted by molar-refractivity contribution is 1.17. The minimum Gasteiger partial charge on any atom is -0.298 e. The van der Waals surface area contributed by atoms with Crippen molar-refractivity contribution in [2.45, 2.75) is 0 Å². The summed E-state index contributed by atoms with van der Waals surface area (Å²) in [5.74, 6) is 0.870. The summed E-state index contributed by atoms with van der Waals surface area (Å²) in [6, 6.07) is 7.58. The highest BCUT2D eigenvalue weighted by atomic mass is 35.5. The maximum Gasteiger partial charge on any atom is 0.154 e. The van der Waals surface area contributed by atoms with Crippen LogP contribution in [0.4, 0.5) is 0 Å². The standard InChI is InChI=1S/C11H6Cl2N2S/c12-7-2-1-5-15-8(7)6-14-11(15)9-3-4-10(13)16-9/h1-6H. The zero-order valence-electron chi connectivity index (χ0n) is 8.02. The monoisotopic (exact) mass is 268 g/mol. The normalized spacial score (nSPS) is 11.1. The summed E-state index contributed by atoms with van der Waals surface area (Å²) in [7, 11) is 0. The van der Waals surface area contributed by atoms with Crippen molar-refractivity contribution in [2.75, 3.05) is 0 Å². The Balaban J connectivity index is 2.29. The van der Waals surface area contributed by atoms with Crippen molar-refractivity contribution in [1.82, 2.24) is 9.38 Å². The van der Waals surface area contributed by atoms with E-state index in [1.165, 1.54) is 11.3 Å². The van der Waals surface area contributed by atoms with E-state index in [-0.39, 0.29) is 0 Å². The van der Waals surface area contributed by atoms with E-state index in [1.54, 1.807) is 6.20 Å². The lowest BCUT2D eigenvalue weighted by Crippen LogP contribution is -1.86. The smallest absolute Gasteiger partial charge is 0.154 e. The highest BCUT2D eigenvalue weighted by Crippen LogP contribution is 2.31. The molecule has 3 rings (SSSR count). The van der Waals surface area contributed by atoms with Gasteiger partial charge in [-0.05, 0) is 24.3 Å². The summed E-state index contributed by atoms with van der Waals surface area (Å²) in [4.78, 5) is 5.40. The molecule has 0 saturated heterocycles. The average molecular weight is 269 g/mol. The van der Waals surface area contributed by atoms with Crippen LogP contribution in [0.15, 0.2) is 36.7 Å². The molecule has 0 radical (unpaired) electrons. The molecule has 80 valence electrons. The van der Waals surface area contributed by atoms with Gasteiger partial charge in [0.15, 0.2) is 5.82 Å². The topological polar surface area (TPSA) is 17.3 Å². The maximum atomic E-state index is 6.08. The Morgan fingerprint density at radius 1 is 1.19 bits per heavy atom. The molecule has 2 nitrogen and oxygen atoms in total. The fraction of sp³-hybridized carbons (Fsp3) is 0. The first-order valence-electron chi connectivity index (χ1n) is 4.63. The molecule has 0 aliphatic rings. The van der Waals surface area contributed by atoms with Crippen LogP contribution < -0.4 is 0 Å². The summed E-state index contributed by atoms with van der Waals surface area (Å²) < 4.78 is 2.72. The quantitative estimate of drug-likeness (QED) is 0.641. The van der Waals surface area contributed by atoms with E-state index in [0.717, 1.165) is 20.6 Å². The number of imidazole rings is 1. The molecular weight excluding hydrogens is 263 g/mol. The lowest BCUT2D eigenvalue weighted by atomic mass is 10.4. The number of fused-ring (bicyclic) bond motifs is 1. The minimum absolute atomic E-state index is 0.698. The van der Waals surface area contributed by atoms with Crippen molar-refractivity contribution in [3.8, 4) is 10.7 Å². The van der Waals surface area contributed by atoms with Crippen LogP contribution in [0.2, 0.25) is 9.36 Å². The van der Waals surface area contributed by atoms with Gasteiger partial charge in [-0.3, -0.25) is 4.40 Å². The van der Waals surface area contributed by atoms with Gasteiger partial charge >= 0.3 is 0 Å². The van der Waals surface area contributed by atoms with Crippen molar-refractivity contribution in [1.29, 1.82) is 0 Å². The predicted molar refractivity (Wildman–Crippen MR) is 68.5 cm³/mol. The molecule has 0 aliphatic carbocycles. The van der Waals surface area contributed by atoms with E-state index >= 15 is 0 Å². The van der Waals surface area contributed by atoms with E-state index in [1.807, 2.05) is 34.9 Å². The van der Waals surface area contributed by atoms with Gasteiger partial charge in [-0.2, -0.15) is 0 Å². The highest BCUT2D eigenvalue weighted by molar-refractivity contribution is 7.19. The predicted octanol–water partition coefficient (Wildman–Crippen LogP) is 4.37. The van der Waals surface area contributed by atoms with Gasteiger partial charge in [-0.1, -0.05) is 23.2 Å². The fourth-order valence-electron chi connectivity index (χ4n) is 1.60. The van der Waals surface area contributed by atoms with Crippen molar-refractivity contribution in [2.24, 2.45) is 0 Å². The number of hydrogen-bond acceptors (Lipinski definition) is 2. The van der Waals surface area contributed by atoms with E-state index in [2.05, 4.69) is 4.98 Å². The zero-order chi connectivity index (χ0) is 11.1. The van der Waals surface area contributed by atoms with Gasteiger partial charge < -0.3 is 0 Å². The second-order valence-corrected chi connectivity index (χ2v) is 5.42. The first-order valence-corrected chi connectivity index (χ1v) is 6.20. The van der Waals surface area contributed by atoms with Gasteiger partial charge in [0.05, 0.1) is 25.9 Å².